The van der Waals surface area contributed by atoms with E-state index in [0.717, 1.165) is 11.1 Å². The first kappa shape index (κ1) is 18.4. The molecule has 0 bridgehead atoms. The number of carbonyl (C=O) groups excluding carboxylic acids is 2. The number of nitrogens with zero attached hydrogens (tertiary/aromatic N) is 1. The normalized spacial score (nSPS) is 10.4. The van der Waals surface area contributed by atoms with Crippen LogP contribution in [-0.2, 0) is 9.59 Å². The van der Waals surface area contributed by atoms with Gasteiger partial charge in [-0.05, 0) is 49.2 Å². The molecular weight excluding hydrogens is 323 g/mol. The molecule has 0 aliphatic rings. The molecule has 0 unspecified atom stereocenters. The summed E-state index contributed by atoms with van der Waals surface area (Å²) in [7, 11) is 0. The molecule has 6 heteroatoms. The fourth-order valence-electron chi connectivity index (χ4n) is 2.48. The number of rotatable bonds is 7. The van der Waals surface area contributed by atoms with Gasteiger partial charge in [-0.15, -0.1) is 0 Å². The van der Waals surface area contributed by atoms with Gasteiger partial charge in [0.05, 0.1) is 0 Å². The van der Waals surface area contributed by atoms with Crippen molar-refractivity contribution in [2.24, 2.45) is 5.73 Å². The van der Waals surface area contributed by atoms with Gasteiger partial charge in [0.1, 0.15) is 11.6 Å². The summed E-state index contributed by atoms with van der Waals surface area (Å²) in [4.78, 5) is 25.0. The van der Waals surface area contributed by atoms with Crippen LogP contribution in [0.3, 0.4) is 0 Å². The number of ether oxygens (including phenoxy) is 1. The molecule has 5 nitrogen and oxygen atoms in total. The highest BCUT2D eigenvalue weighted by Gasteiger charge is 2.18. The van der Waals surface area contributed by atoms with Crippen molar-refractivity contribution in [1.82, 2.24) is 0 Å². The lowest BCUT2D eigenvalue weighted by molar-refractivity contribution is -0.120. The smallest absolute Gasteiger partial charge is 0.264 e. The van der Waals surface area contributed by atoms with Crippen molar-refractivity contribution in [3.05, 3.63) is 59.4 Å². The van der Waals surface area contributed by atoms with Crippen LogP contribution in [-0.4, -0.2) is 25.0 Å². The van der Waals surface area contributed by atoms with Crippen LogP contribution in [0.2, 0.25) is 0 Å². The Bertz CT molecular complexity index is 740. The Labute approximate surface area is 146 Å². The van der Waals surface area contributed by atoms with Crippen molar-refractivity contribution in [2.45, 2.75) is 20.3 Å². The van der Waals surface area contributed by atoms with Crippen LogP contribution in [0.25, 0.3) is 0 Å². The van der Waals surface area contributed by atoms with E-state index in [1.807, 2.05) is 32.0 Å². The molecule has 0 atom stereocenters. The highest BCUT2D eigenvalue weighted by Crippen LogP contribution is 2.23. The zero-order valence-corrected chi connectivity index (χ0v) is 14.3. The molecule has 0 aliphatic carbocycles. The number of para-hydroxylation sites is 1. The Balaban J connectivity index is 2.14. The van der Waals surface area contributed by atoms with Crippen LogP contribution >= 0.6 is 0 Å². The third kappa shape index (κ3) is 5.04. The van der Waals surface area contributed by atoms with Gasteiger partial charge in [0.15, 0.2) is 6.61 Å². The van der Waals surface area contributed by atoms with Crippen LogP contribution in [0.5, 0.6) is 5.75 Å². The summed E-state index contributed by atoms with van der Waals surface area (Å²) in [6.07, 6.45) is 0.00646. The number of anilines is 1. The maximum atomic E-state index is 13.1. The van der Waals surface area contributed by atoms with Crippen LogP contribution in [0.1, 0.15) is 17.5 Å². The van der Waals surface area contributed by atoms with Gasteiger partial charge >= 0.3 is 0 Å². The summed E-state index contributed by atoms with van der Waals surface area (Å²) >= 11 is 0. The molecule has 2 aromatic carbocycles. The van der Waals surface area contributed by atoms with E-state index in [2.05, 4.69) is 0 Å². The zero-order chi connectivity index (χ0) is 18.4. The second-order valence-electron chi connectivity index (χ2n) is 5.75. The van der Waals surface area contributed by atoms with E-state index in [1.54, 1.807) is 0 Å². The van der Waals surface area contributed by atoms with Crippen LogP contribution in [0.4, 0.5) is 10.1 Å². The number of amides is 2. The predicted octanol–water partition coefficient (Wildman–Crippen LogP) is 2.73. The molecule has 0 saturated heterocycles. The number of benzene rings is 2. The number of aryl methyl sites for hydroxylation is 2. The standard InChI is InChI=1S/C19H21FN2O3/c1-13-4-3-5-14(2)19(13)25-12-18(24)22(11-10-17(21)23)16-8-6-15(20)7-9-16/h3-9H,10-12H2,1-2H3,(H2,21,23). The van der Waals surface area contributed by atoms with Gasteiger partial charge in [-0.3, -0.25) is 9.59 Å². The van der Waals surface area contributed by atoms with Crippen LogP contribution in [0.15, 0.2) is 42.5 Å². The van der Waals surface area contributed by atoms with Gasteiger partial charge in [0.25, 0.3) is 5.91 Å². The van der Waals surface area contributed by atoms with E-state index >= 15 is 0 Å². The first-order chi connectivity index (χ1) is 11.9. The fourth-order valence-corrected chi connectivity index (χ4v) is 2.48. The quantitative estimate of drug-likeness (QED) is 0.839. The summed E-state index contributed by atoms with van der Waals surface area (Å²) in [5, 5.41) is 0. The van der Waals surface area contributed by atoms with Crippen LogP contribution in [0, 0.1) is 19.7 Å². The average molecular weight is 344 g/mol. The lowest BCUT2D eigenvalue weighted by atomic mass is 10.1. The molecule has 0 saturated carbocycles. The zero-order valence-electron chi connectivity index (χ0n) is 14.3. The topological polar surface area (TPSA) is 72.6 Å². The van der Waals surface area contributed by atoms with E-state index in [4.69, 9.17) is 10.5 Å². The number of hydrogen-bond acceptors (Lipinski definition) is 3. The Hall–Kier alpha value is -2.89. The largest absolute Gasteiger partial charge is 0.483 e. The minimum Gasteiger partial charge on any atom is -0.483 e. The highest BCUT2D eigenvalue weighted by atomic mass is 19.1. The number of primary amides is 1. The monoisotopic (exact) mass is 344 g/mol. The van der Waals surface area contributed by atoms with Gasteiger partial charge in [-0.25, -0.2) is 4.39 Å². The van der Waals surface area contributed by atoms with Crippen LogP contribution < -0.4 is 15.4 Å². The predicted molar refractivity (Wildman–Crippen MR) is 94.0 cm³/mol. The van der Waals surface area contributed by atoms with Gasteiger partial charge < -0.3 is 15.4 Å². The van der Waals surface area contributed by atoms with E-state index in [-0.39, 0.29) is 25.5 Å². The minimum absolute atomic E-state index is 0.00646. The number of carbonyl (C=O) groups is 2. The lowest BCUT2D eigenvalue weighted by Crippen LogP contribution is -2.37. The van der Waals surface area contributed by atoms with Gasteiger partial charge in [-0.2, -0.15) is 0 Å². The molecule has 0 spiro atoms. The third-order valence-electron chi connectivity index (χ3n) is 3.77. The number of halogens is 1. The Morgan fingerprint density at radius 1 is 1.08 bits per heavy atom. The van der Waals surface area contributed by atoms with Crippen molar-refractivity contribution < 1.29 is 18.7 Å². The van der Waals surface area contributed by atoms with Crippen molar-refractivity contribution in [3.8, 4) is 5.75 Å². The Morgan fingerprint density at radius 2 is 1.68 bits per heavy atom. The Morgan fingerprint density at radius 3 is 2.24 bits per heavy atom. The van der Waals surface area contributed by atoms with E-state index in [0.29, 0.717) is 11.4 Å². The third-order valence-corrected chi connectivity index (χ3v) is 3.77. The molecule has 0 fully saturated rings. The van der Waals surface area contributed by atoms with E-state index < -0.39 is 11.7 Å². The second kappa shape index (κ2) is 8.28. The fraction of sp³-hybridized carbons (Fsp3) is 0.263. The summed E-state index contributed by atoms with van der Waals surface area (Å²) in [6, 6.07) is 11.2. The summed E-state index contributed by atoms with van der Waals surface area (Å²) in [5.41, 5.74) is 7.52. The molecule has 132 valence electrons. The molecule has 2 aromatic rings. The van der Waals surface area contributed by atoms with E-state index in [9.17, 15) is 14.0 Å². The molecule has 25 heavy (non-hydrogen) atoms. The summed E-state index contributed by atoms with van der Waals surface area (Å²) in [5.74, 6) is -0.603. The summed E-state index contributed by atoms with van der Waals surface area (Å²) in [6.45, 7) is 3.72. The first-order valence-electron chi connectivity index (χ1n) is 7.91. The molecule has 0 heterocycles. The van der Waals surface area contributed by atoms with Crippen molar-refractivity contribution >= 4 is 17.5 Å². The maximum absolute atomic E-state index is 13.1. The SMILES string of the molecule is Cc1cccc(C)c1OCC(=O)N(CCC(N)=O)c1ccc(F)cc1. The number of nitrogens with two attached hydrogens (primary N) is 1. The van der Waals surface area contributed by atoms with Gasteiger partial charge in [-0.1, -0.05) is 18.2 Å². The van der Waals surface area contributed by atoms with Crippen molar-refractivity contribution in [3.63, 3.8) is 0 Å². The van der Waals surface area contributed by atoms with Gasteiger partial charge in [0, 0.05) is 18.7 Å². The molecule has 2 amide bonds. The lowest BCUT2D eigenvalue weighted by Gasteiger charge is -2.23. The van der Waals surface area contributed by atoms with Crippen molar-refractivity contribution in [2.75, 3.05) is 18.1 Å². The molecule has 0 aromatic heterocycles. The number of hydrogen-bond donors (Lipinski definition) is 1. The van der Waals surface area contributed by atoms with Crippen molar-refractivity contribution in [1.29, 1.82) is 0 Å². The molecule has 2 N–H and O–H groups in total. The molecule has 0 aliphatic heterocycles. The Kier molecular flexibility index (Phi) is 6.11. The highest BCUT2D eigenvalue weighted by molar-refractivity contribution is 5.95. The minimum atomic E-state index is -0.518. The van der Waals surface area contributed by atoms with Gasteiger partial charge in [0.2, 0.25) is 5.91 Å². The molecule has 0 radical (unpaired) electrons. The first-order valence-corrected chi connectivity index (χ1v) is 7.91. The average Bonchev–Trinajstić information content (AvgIpc) is 2.56. The second-order valence-corrected chi connectivity index (χ2v) is 5.75. The van der Waals surface area contributed by atoms with E-state index in [1.165, 1.54) is 29.2 Å². The summed E-state index contributed by atoms with van der Waals surface area (Å²) < 4.78 is 18.8. The molecule has 2 rings (SSSR count). The molecular formula is C19H21FN2O3. The maximum Gasteiger partial charge on any atom is 0.264 e.